The molecule has 0 unspecified atom stereocenters. The lowest BCUT2D eigenvalue weighted by Gasteiger charge is -2.14. The second-order valence-corrected chi connectivity index (χ2v) is 4.65. The van der Waals surface area contributed by atoms with Crippen LogP contribution in [0.2, 0.25) is 0 Å². The zero-order chi connectivity index (χ0) is 16.9. The van der Waals surface area contributed by atoms with E-state index in [1.807, 2.05) is 19.1 Å². The van der Waals surface area contributed by atoms with E-state index >= 15 is 0 Å². The minimum atomic E-state index is -4.83. The summed E-state index contributed by atoms with van der Waals surface area (Å²) in [6.07, 6.45) is -4.83. The molecule has 0 saturated carbocycles. The molecule has 0 spiro atoms. The van der Waals surface area contributed by atoms with Crippen molar-refractivity contribution in [3.63, 3.8) is 0 Å². The van der Waals surface area contributed by atoms with Crippen molar-refractivity contribution in [2.75, 3.05) is 11.9 Å². The van der Waals surface area contributed by atoms with Crippen LogP contribution in [0.4, 0.5) is 18.9 Å². The van der Waals surface area contributed by atoms with Gasteiger partial charge in [0.05, 0.1) is 5.69 Å². The molecule has 4 nitrogen and oxygen atoms in total. The molecule has 0 fully saturated rings. The van der Waals surface area contributed by atoms with E-state index in [0.717, 1.165) is 11.6 Å². The lowest BCUT2D eigenvalue weighted by molar-refractivity contribution is -0.274. The second-order valence-electron chi connectivity index (χ2n) is 4.65. The maximum Gasteiger partial charge on any atom is 0.573 e. The van der Waals surface area contributed by atoms with Crippen LogP contribution in [0.1, 0.15) is 5.56 Å². The van der Waals surface area contributed by atoms with Gasteiger partial charge in [-0.2, -0.15) is 0 Å². The zero-order valence-corrected chi connectivity index (χ0v) is 12.2. The molecular formula is C16H14F3NO3. The van der Waals surface area contributed by atoms with Crippen LogP contribution in [0.25, 0.3) is 0 Å². The van der Waals surface area contributed by atoms with Crippen molar-refractivity contribution in [2.45, 2.75) is 13.3 Å². The summed E-state index contributed by atoms with van der Waals surface area (Å²) in [4.78, 5) is 11.8. The van der Waals surface area contributed by atoms with Crippen LogP contribution in [-0.2, 0) is 4.79 Å². The van der Waals surface area contributed by atoms with Gasteiger partial charge in [0.15, 0.2) is 12.4 Å². The Kier molecular flexibility index (Phi) is 5.10. The third kappa shape index (κ3) is 5.21. The minimum Gasteiger partial charge on any atom is -0.483 e. The molecule has 2 aromatic rings. The highest BCUT2D eigenvalue weighted by Gasteiger charge is 2.32. The Bertz CT molecular complexity index is 686. The third-order valence-corrected chi connectivity index (χ3v) is 2.84. The first-order valence-corrected chi connectivity index (χ1v) is 6.68. The normalized spacial score (nSPS) is 11.0. The van der Waals surface area contributed by atoms with Gasteiger partial charge in [-0.3, -0.25) is 4.79 Å². The van der Waals surface area contributed by atoms with Crippen molar-refractivity contribution >= 4 is 11.6 Å². The molecule has 2 rings (SSSR count). The number of halogens is 3. The Labute approximate surface area is 130 Å². The summed E-state index contributed by atoms with van der Waals surface area (Å²) >= 11 is 0. The summed E-state index contributed by atoms with van der Waals surface area (Å²) in [5, 5.41) is 2.33. The average molecular weight is 325 g/mol. The van der Waals surface area contributed by atoms with Gasteiger partial charge in [0.1, 0.15) is 5.75 Å². The van der Waals surface area contributed by atoms with Crippen LogP contribution < -0.4 is 14.8 Å². The maximum absolute atomic E-state index is 12.3. The summed E-state index contributed by atoms with van der Waals surface area (Å²) in [5.74, 6) is -0.543. The van der Waals surface area contributed by atoms with Crippen molar-refractivity contribution in [1.29, 1.82) is 0 Å². The standard InChI is InChI=1S/C16H14F3NO3/c1-11-6-2-4-8-13(11)22-10-15(21)20-12-7-3-5-9-14(12)23-16(17,18)19/h2-9H,10H2,1H3,(H,20,21). The van der Waals surface area contributed by atoms with Crippen molar-refractivity contribution in [2.24, 2.45) is 0 Å². The summed E-state index contributed by atoms with van der Waals surface area (Å²) in [7, 11) is 0. The Morgan fingerprint density at radius 1 is 1.04 bits per heavy atom. The highest BCUT2D eigenvalue weighted by molar-refractivity contribution is 5.93. The van der Waals surface area contributed by atoms with E-state index in [2.05, 4.69) is 10.1 Å². The van der Waals surface area contributed by atoms with Gasteiger partial charge >= 0.3 is 6.36 Å². The highest BCUT2D eigenvalue weighted by atomic mass is 19.4. The molecule has 0 saturated heterocycles. The molecule has 23 heavy (non-hydrogen) atoms. The molecule has 0 radical (unpaired) electrons. The van der Waals surface area contributed by atoms with Crippen molar-refractivity contribution < 1.29 is 27.4 Å². The molecular weight excluding hydrogens is 311 g/mol. The number of carbonyl (C=O) groups is 1. The Morgan fingerprint density at radius 2 is 1.65 bits per heavy atom. The fraction of sp³-hybridized carbons (Fsp3) is 0.188. The van der Waals surface area contributed by atoms with Gasteiger partial charge in [-0.25, -0.2) is 0 Å². The lowest BCUT2D eigenvalue weighted by Crippen LogP contribution is -2.22. The molecule has 7 heteroatoms. The quantitative estimate of drug-likeness (QED) is 0.906. The number of nitrogens with one attached hydrogen (secondary N) is 1. The van der Waals surface area contributed by atoms with E-state index in [1.54, 1.807) is 12.1 Å². The van der Waals surface area contributed by atoms with Crippen molar-refractivity contribution in [1.82, 2.24) is 0 Å². The van der Waals surface area contributed by atoms with Crippen molar-refractivity contribution in [3.05, 3.63) is 54.1 Å². The predicted molar refractivity (Wildman–Crippen MR) is 78.4 cm³/mol. The van der Waals surface area contributed by atoms with Gasteiger partial charge in [0, 0.05) is 0 Å². The number of anilines is 1. The molecule has 2 aromatic carbocycles. The number of alkyl halides is 3. The summed E-state index contributed by atoms with van der Waals surface area (Å²) in [6, 6.07) is 12.4. The first kappa shape index (κ1) is 16.7. The smallest absolute Gasteiger partial charge is 0.483 e. The van der Waals surface area contributed by atoms with Gasteiger partial charge in [0.2, 0.25) is 0 Å². The first-order valence-electron chi connectivity index (χ1n) is 6.68. The molecule has 1 amide bonds. The number of benzene rings is 2. The number of hydrogen-bond donors (Lipinski definition) is 1. The Balaban J connectivity index is 1.99. The third-order valence-electron chi connectivity index (χ3n) is 2.84. The molecule has 0 atom stereocenters. The van der Waals surface area contributed by atoms with Gasteiger partial charge in [-0.1, -0.05) is 30.3 Å². The van der Waals surface area contributed by atoms with Crippen LogP contribution in [0.15, 0.2) is 48.5 Å². The number of amides is 1. The molecule has 0 aliphatic rings. The van der Waals surface area contributed by atoms with Crippen LogP contribution in [-0.4, -0.2) is 18.9 Å². The number of carbonyl (C=O) groups excluding carboxylic acids is 1. The topological polar surface area (TPSA) is 47.6 Å². The fourth-order valence-electron chi connectivity index (χ4n) is 1.83. The monoisotopic (exact) mass is 325 g/mol. The Hall–Kier alpha value is -2.70. The van der Waals surface area contributed by atoms with E-state index in [1.165, 1.54) is 18.2 Å². The van der Waals surface area contributed by atoms with Crippen LogP contribution in [0, 0.1) is 6.92 Å². The number of para-hydroxylation sites is 3. The maximum atomic E-state index is 12.3. The zero-order valence-electron chi connectivity index (χ0n) is 12.2. The molecule has 0 aliphatic carbocycles. The van der Waals surface area contributed by atoms with Gasteiger partial charge in [-0.05, 0) is 30.7 Å². The Morgan fingerprint density at radius 3 is 2.30 bits per heavy atom. The van der Waals surface area contributed by atoms with Crippen molar-refractivity contribution in [3.8, 4) is 11.5 Å². The summed E-state index contributed by atoms with van der Waals surface area (Å²) in [5.41, 5.74) is 0.768. The fourth-order valence-corrected chi connectivity index (χ4v) is 1.83. The molecule has 122 valence electrons. The number of aryl methyl sites for hydroxylation is 1. The van der Waals surface area contributed by atoms with Gasteiger partial charge in [-0.15, -0.1) is 13.2 Å². The predicted octanol–water partition coefficient (Wildman–Crippen LogP) is 3.91. The van der Waals surface area contributed by atoms with E-state index in [4.69, 9.17) is 4.74 Å². The van der Waals surface area contributed by atoms with Crippen LogP contribution in [0.5, 0.6) is 11.5 Å². The van der Waals surface area contributed by atoms with E-state index in [0.29, 0.717) is 5.75 Å². The number of ether oxygens (including phenoxy) is 2. The summed E-state index contributed by atoms with van der Waals surface area (Å²) < 4.78 is 46.1. The summed E-state index contributed by atoms with van der Waals surface area (Å²) in [6.45, 7) is 1.49. The van der Waals surface area contributed by atoms with E-state index in [-0.39, 0.29) is 12.3 Å². The molecule has 0 heterocycles. The molecule has 0 aromatic heterocycles. The minimum absolute atomic E-state index is 0.0804. The van der Waals surface area contributed by atoms with E-state index in [9.17, 15) is 18.0 Å². The van der Waals surface area contributed by atoms with E-state index < -0.39 is 18.0 Å². The molecule has 1 N–H and O–H groups in total. The van der Waals surface area contributed by atoms with Crippen LogP contribution in [0.3, 0.4) is 0 Å². The van der Waals surface area contributed by atoms with Crippen LogP contribution >= 0.6 is 0 Å². The highest BCUT2D eigenvalue weighted by Crippen LogP contribution is 2.29. The molecule has 0 aliphatic heterocycles. The number of rotatable bonds is 5. The van der Waals surface area contributed by atoms with Gasteiger partial charge in [0.25, 0.3) is 5.91 Å². The van der Waals surface area contributed by atoms with Gasteiger partial charge < -0.3 is 14.8 Å². The first-order chi connectivity index (χ1) is 10.8. The lowest BCUT2D eigenvalue weighted by atomic mass is 10.2. The number of hydrogen-bond acceptors (Lipinski definition) is 3. The molecule has 0 bridgehead atoms. The largest absolute Gasteiger partial charge is 0.573 e. The SMILES string of the molecule is Cc1ccccc1OCC(=O)Nc1ccccc1OC(F)(F)F. The average Bonchev–Trinajstić information content (AvgIpc) is 2.47. The second kappa shape index (κ2) is 7.04.